The van der Waals surface area contributed by atoms with E-state index in [0.29, 0.717) is 0 Å². The molecule has 0 aliphatic heterocycles. The molecule has 0 aromatic rings. The van der Waals surface area contributed by atoms with Crippen LogP contribution in [-0.4, -0.2) is 26.0 Å². The lowest BCUT2D eigenvalue weighted by Crippen LogP contribution is -2.40. The summed E-state index contributed by atoms with van der Waals surface area (Å²) in [5.74, 6) is 0.0556. The topological polar surface area (TPSA) is 41.1 Å². The quantitative estimate of drug-likeness (QED) is 0.552. The fraction of sp³-hybridized carbons (Fsp3) is 0.833. The Morgan fingerprint density at radius 1 is 1.56 bits per heavy atom. The summed E-state index contributed by atoms with van der Waals surface area (Å²) in [7, 11) is 3.42. The van der Waals surface area contributed by atoms with Crippen LogP contribution in [-0.2, 0) is 4.79 Å². The average Bonchev–Trinajstić information content (AvgIpc) is 1.90. The van der Waals surface area contributed by atoms with E-state index in [4.69, 9.17) is 0 Å². The van der Waals surface area contributed by atoms with Crippen LogP contribution < -0.4 is 10.6 Å². The molecule has 1 atom stereocenters. The summed E-state index contributed by atoms with van der Waals surface area (Å²) in [5, 5.41) is 5.46. The van der Waals surface area contributed by atoms with Gasteiger partial charge < -0.3 is 10.6 Å². The molecule has 9 heavy (non-hydrogen) atoms. The van der Waals surface area contributed by atoms with Gasteiger partial charge in [-0.2, -0.15) is 0 Å². The maximum atomic E-state index is 10.8. The normalized spacial score (nSPS) is 12.8. The van der Waals surface area contributed by atoms with Crippen molar-refractivity contribution >= 4 is 5.91 Å². The van der Waals surface area contributed by atoms with Gasteiger partial charge in [0.05, 0.1) is 6.04 Å². The van der Waals surface area contributed by atoms with Crippen molar-refractivity contribution in [2.24, 2.45) is 0 Å². The highest BCUT2D eigenvalue weighted by molar-refractivity contribution is 5.81. The lowest BCUT2D eigenvalue weighted by atomic mass is 10.2. The van der Waals surface area contributed by atoms with Crippen molar-refractivity contribution in [2.45, 2.75) is 19.4 Å². The molecule has 54 valence electrons. The molecule has 0 aliphatic rings. The van der Waals surface area contributed by atoms with Crippen LogP contribution in [0.5, 0.6) is 0 Å². The van der Waals surface area contributed by atoms with Crippen LogP contribution in [0.3, 0.4) is 0 Å². The first-order valence-corrected chi connectivity index (χ1v) is 3.15. The number of hydrogen-bond donors (Lipinski definition) is 2. The van der Waals surface area contributed by atoms with E-state index in [0.717, 1.165) is 6.42 Å². The predicted octanol–water partition coefficient (Wildman–Crippen LogP) is -0.270. The molecule has 0 aromatic heterocycles. The van der Waals surface area contributed by atoms with Crippen LogP contribution in [0.4, 0.5) is 0 Å². The summed E-state index contributed by atoms with van der Waals surface area (Å²) in [5.41, 5.74) is 0. The van der Waals surface area contributed by atoms with Gasteiger partial charge in [-0.1, -0.05) is 6.92 Å². The maximum Gasteiger partial charge on any atom is 0.236 e. The monoisotopic (exact) mass is 130 g/mol. The van der Waals surface area contributed by atoms with Gasteiger partial charge in [-0.25, -0.2) is 0 Å². The molecule has 1 amide bonds. The van der Waals surface area contributed by atoms with Crippen molar-refractivity contribution in [3.63, 3.8) is 0 Å². The first kappa shape index (κ1) is 8.43. The Morgan fingerprint density at radius 3 is 2.22 bits per heavy atom. The van der Waals surface area contributed by atoms with E-state index in [1.807, 2.05) is 6.92 Å². The van der Waals surface area contributed by atoms with E-state index in [1.165, 1.54) is 0 Å². The van der Waals surface area contributed by atoms with Crippen molar-refractivity contribution in [2.75, 3.05) is 14.1 Å². The smallest absolute Gasteiger partial charge is 0.236 e. The van der Waals surface area contributed by atoms with E-state index in [9.17, 15) is 4.79 Å². The minimum Gasteiger partial charge on any atom is -0.358 e. The van der Waals surface area contributed by atoms with Crippen LogP contribution in [0.15, 0.2) is 0 Å². The number of amides is 1. The Bertz CT molecular complexity index is 89.1. The summed E-state index contributed by atoms with van der Waals surface area (Å²) in [6.07, 6.45) is 0.830. The summed E-state index contributed by atoms with van der Waals surface area (Å²) in [6, 6.07) is -0.0324. The minimum atomic E-state index is -0.0324. The van der Waals surface area contributed by atoms with Crippen LogP contribution in [0.2, 0.25) is 0 Å². The Hall–Kier alpha value is -0.570. The Balaban J connectivity index is 3.64. The van der Waals surface area contributed by atoms with E-state index < -0.39 is 0 Å². The van der Waals surface area contributed by atoms with E-state index in [1.54, 1.807) is 14.1 Å². The Kier molecular flexibility index (Phi) is 4.05. The first-order valence-electron chi connectivity index (χ1n) is 3.15. The van der Waals surface area contributed by atoms with Gasteiger partial charge in [0.2, 0.25) is 5.91 Å². The Labute approximate surface area is 55.8 Å². The second-order valence-electron chi connectivity index (χ2n) is 1.86. The number of hydrogen-bond acceptors (Lipinski definition) is 2. The molecule has 0 radical (unpaired) electrons. The molecule has 2 N–H and O–H groups in total. The van der Waals surface area contributed by atoms with Crippen molar-refractivity contribution < 1.29 is 4.79 Å². The molecule has 0 bridgehead atoms. The maximum absolute atomic E-state index is 10.8. The highest BCUT2D eigenvalue weighted by Crippen LogP contribution is 1.87. The zero-order valence-electron chi connectivity index (χ0n) is 6.19. The second kappa shape index (κ2) is 4.32. The molecule has 0 aliphatic carbocycles. The molecule has 3 heteroatoms. The SMILES string of the molecule is CCC(NC)C(=O)NC. The van der Waals surface area contributed by atoms with E-state index in [2.05, 4.69) is 10.6 Å². The average molecular weight is 130 g/mol. The van der Waals surface area contributed by atoms with Gasteiger partial charge in [0, 0.05) is 7.05 Å². The van der Waals surface area contributed by atoms with Gasteiger partial charge >= 0.3 is 0 Å². The molecular weight excluding hydrogens is 116 g/mol. The number of carbonyl (C=O) groups is 1. The summed E-state index contributed by atoms with van der Waals surface area (Å²) in [6.45, 7) is 1.97. The third-order valence-corrected chi connectivity index (χ3v) is 1.32. The molecule has 3 nitrogen and oxygen atoms in total. The van der Waals surface area contributed by atoms with E-state index >= 15 is 0 Å². The highest BCUT2D eigenvalue weighted by Gasteiger charge is 2.09. The molecule has 0 aromatic carbocycles. The van der Waals surface area contributed by atoms with Crippen molar-refractivity contribution in [3.8, 4) is 0 Å². The molecule has 0 heterocycles. The number of carbonyl (C=O) groups excluding carboxylic acids is 1. The highest BCUT2D eigenvalue weighted by atomic mass is 16.2. The number of rotatable bonds is 3. The second-order valence-corrected chi connectivity index (χ2v) is 1.86. The number of nitrogens with one attached hydrogen (secondary N) is 2. The van der Waals surface area contributed by atoms with Gasteiger partial charge in [-0.05, 0) is 13.5 Å². The van der Waals surface area contributed by atoms with Crippen molar-refractivity contribution in [1.82, 2.24) is 10.6 Å². The molecule has 0 rings (SSSR count). The fourth-order valence-corrected chi connectivity index (χ4v) is 0.695. The van der Waals surface area contributed by atoms with Gasteiger partial charge in [0.25, 0.3) is 0 Å². The van der Waals surface area contributed by atoms with Gasteiger partial charge in [-0.15, -0.1) is 0 Å². The standard InChI is InChI=1S/C6H14N2O/c1-4-5(7-2)6(9)8-3/h5,7H,4H2,1-3H3,(H,8,9). The van der Waals surface area contributed by atoms with Gasteiger partial charge in [0.1, 0.15) is 0 Å². The fourth-order valence-electron chi connectivity index (χ4n) is 0.695. The minimum absolute atomic E-state index is 0.0324. The predicted molar refractivity (Wildman–Crippen MR) is 37.2 cm³/mol. The van der Waals surface area contributed by atoms with Gasteiger partial charge in [0.15, 0.2) is 0 Å². The molecule has 0 saturated carbocycles. The van der Waals surface area contributed by atoms with Gasteiger partial charge in [-0.3, -0.25) is 4.79 Å². The van der Waals surface area contributed by atoms with Crippen LogP contribution in [0.1, 0.15) is 13.3 Å². The molecule has 0 fully saturated rings. The summed E-state index contributed by atoms with van der Waals surface area (Å²) < 4.78 is 0. The lowest BCUT2D eigenvalue weighted by molar-refractivity contribution is -0.122. The van der Waals surface area contributed by atoms with Crippen molar-refractivity contribution in [1.29, 1.82) is 0 Å². The number of likely N-dealkylation sites (N-methyl/N-ethyl adjacent to an activating group) is 2. The summed E-state index contributed by atoms with van der Waals surface area (Å²) in [4.78, 5) is 10.8. The zero-order valence-corrected chi connectivity index (χ0v) is 6.19. The van der Waals surface area contributed by atoms with E-state index in [-0.39, 0.29) is 11.9 Å². The summed E-state index contributed by atoms with van der Waals surface area (Å²) >= 11 is 0. The van der Waals surface area contributed by atoms with Crippen LogP contribution >= 0.6 is 0 Å². The largest absolute Gasteiger partial charge is 0.358 e. The molecular formula is C6H14N2O. The third kappa shape index (κ3) is 2.46. The molecule has 0 spiro atoms. The lowest BCUT2D eigenvalue weighted by Gasteiger charge is -2.10. The molecule has 0 saturated heterocycles. The molecule has 1 unspecified atom stereocenters. The third-order valence-electron chi connectivity index (χ3n) is 1.32. The zero-order chi connectivity index (χ0) is 7.28. The van der Waals surface area contributed by atoms with Crippen molar-refractivity contribution in [3.05, 3.63) is 0 Å². The van der Waals surface area contributed by atoms with Crippen LogP contribution in [0.25, 0.3) is 0 Å². The van der Waals surface area contributed by atoms with Crippen LogP contribution in [0, 0.1) is 0 Å². The Morgan fingerprint density at radius 2 is 2.11 bits per heavy atom. The first-order chi connectivity index (χ1) is 4.26.